The average molecular weight is 284 g/mol. The van der Waals surface area contributed by atoms with Crippen LogP contribution in [0, 0.1) is 5.92 Å². The van der Waals surface area contributed by atoms with Gasteiger partial charge in [0.15, 0.2) is 0 Å². The van der Waals surface area contributed by atoms with Crippen molar-refractivity contribution < 1.29 is 19.4 Å². The molecule has 2 rings (SSSR count). The summed E-state index contributed by atoms with van der Waals surface area (Å²) in [5.41, 5.74) is -0.535. The van der Waals surface area contributed by atoms with Crippen LogP contribution in [0.5, 0.6) is 0 Å². The van der Waals surface area contributed by atoms with E-state index in [9.17, 15) is 14.7 Å². The highest BCUT2D eigenvalue weighted by Gasteiger charge is 2.39. The minimum atomic E-state index is -0.535. The molecule has 20 heavy (non-hydrogen) atoms. The van der Waals surface area contributed by atoms with Gasteiger partial charge in [0.1, 0.15) is 5.60 Å². The molecule has 0 bridgehead atoms. The van der Waals surface area contributed by atoms with Gasteiger partial charge in [-0.2, -0.15) is 0 Å². The molecule has 1 unspecified atom stereocenters. The third kappa shape index (κ3) is 3.62. The Kier molecular flexibility index (Phi) is 4.22. The highest BCUT2D eigenvalue weighted by atomic mass is 16.6. The number of carbonyl (C=O) groups excluding carboxylic acids is 2. The van der Waals surface area contributed by atoms with Crippen molar-refractivity contribution >= 4 is 12.0 Å². The summed E-state index contributed by atoms with van der Waals surface area (Å²) in [6, 6.07) is -0.315. The lowest BCUT2D eigenvalue weighted by molar-refractivity contribution is -0.138. The van der Waals surface area contributed by atoms with Crippen molar-refractivity contribution in [3.05, 3.63) is 0 Å². The van der Waals surface area contributed by atoms with Crippen molar-refractivity contribution in [3.8, 4) is 0 Å². The van der Waals surface area contributed by atoms with Crippen molar-refractivity contribution in [1.29, 1.82) is 0 Å². The van der Waals surface area contributed by atoms with Gasteiger partial charge in [-0.15, -0.1) is 0 Å². The van der Waals surface area contributed by atoms with E-state index in [0.29, 0.717) is 19.6 Å². The Morgan fingerprint density at radius 3 is 2.40 bits per heavy atom. The molecule has 0 radical (unpaired) electrons. The Morgan fingerprint density at radius 1 is 1.25 bits per heavy atom. The monoisotopic (exact) mass is 284 g/mol. The summed E-state index contributed by atoms with van der Waals surface area (Å²) < 4.78 is 5.33. The number of nitrogens with zero attached hydrogens (tertiary/aromatic N) is 2. The molecule has 1 aliphatic heterocycles. The van der Waals surface area contributed by atoms with E-state index in [4.69, 9.17) is 4.74 Å². The highest BCUT2D eigenvalue weighted by molar-refractivity contribution is 5.81. The molecule has 0 aromatic carbocycles. The summed E-state index contributed by atoms with van der Waals surface area (Å²) in [6.07, 6.45) is 1.52. The maximum Gasteiger partial charge on any atom is 0.410 e. The Morgan fingerprint density at radius 2 is 1.90 bits per heavy atom. The van der Waals surface area contributed by atoms with Crippen LogP contribution in [0.25, 0.3) is 0 Å². The number of hydrogen-bond donors (Lipinski definition) is 1. The van der Waals surface area contributed by atoms with Crippen LogP contribution < -0.4 is 0 Å². The molecular weight excluding hydrogens is 260 g/mol. The molecule has 6 heteroatoms. The zero-order valence-electron chi connectivity index (χ0n) is 12.5. The molecule has 1 atom stereocenters. The summed E-state index contributed by atoms with van der Waals surface area (Å²) in [4.78, 5) is 27.4. The van der Waals surface area contributed by atoms with Crippen LogP contribution in [0.15, 0.2) is 0 Å². The van der Waals surface area contributed by atoms with Gasteiger partial charge in [0, 0.05) is 25.6 Å². The lowest BCUT2D eigenvalue weighted by Gasteiger charge is -2.41. The molecule has 114 valence electrons. The van der Waals surface area contributed by atoms with Crippen molar-refractivity contribution in [2.45, 2.75) is 45.3 Å². The fourth-order valence-corrected chi connectivity index (χ4v) is 2.36. The predicted molar refractivity (Wildman–Crippen MR) is 73.1 cm³/mol. The van der Waals surface area contributed by atoms with Crippen LogP contribution in [0.1, 0.15) is 33.6 Å². The fraction of sp³-hybridized carbons (Fsp3) is 0.857. The van der Waals surface area contributed by atoms with Gasteiger partial charge >= 0.3 is 6.09 Å². The molecule has 0 aromatic heterocycles. The van der Waals surface area contributed by atoms with Crippen LogP contribution in [0.3, 0.4) is 0 Å². The first-order valence-corrected chi connectivity index (χ1v) is 7.21. The van der Waals surface area contributed by atoms with Crippen molar-refractivity contribution in [2.75, 3.05) is 26.2 Å². The summed E-state index contributed by atoms with van der Waals surface area (Å²) in [5, 5.41) is 9.47. The first kappa shape index (κ1) is 15.1. The van der Waals surface area contributed by atoms with Gasteiger partial charge in [0.2, 0.25) is 5.91 Å². The minimum absolute atomic E-state index is 0.118. The van der Waals surface area contributed by atoms with E-state index >= 15 is 0 Å². The number of aliphatic hydroxyl groups is 1. The number of aliphatic hydroxyl groups excluding tert-OH is 1. The van der Waals surface area contributed by atoms with E-state index in [1.165, 1.54) is 0 Å². The summed E-state index contributed by atoms with van der Waals surface area (Å²) in [6.45, 7) is 6.61. The second-order valence-electron chi connectivity index (χ2n) is 6.57. The van der Waals surface area contributed by atoms with E-state index in [1.807, 2.05) is 20.8 Å². The molecule has 6 nitrogen and oxygen atoms in total. The quantitative estimate of drug-likeness (QED) is 0.815. The largest absolute Gasteiger partial charge is 0.444 e. The molecule has 2 aliphatic rings. The van der Waals surface area contributed by atoms with E-state index < -0.39 is 5.60 Å². The zero-order valence-corrected chi connectivity index (χ0v) is 12.5. The van der Waals surface area contributed by atoms with Gasteiger partial charge in [-0.05, 0) is 33.6 Å². The lowest BCUT2D eigenvalue weighted by atomic mass is 10.1. The van der Waals surface area contributed by atoms with Crippen molar-refractivity contribution in [2.24, 2.45) is 5.92 Å². The molecule has 1 heterocycles. The number of amides is 2. The van der Waals surface area contributed by atoms with Gasteiger partial charge in [0.25, 0.3) is 0 Å². The van der Waals surface area contributed by atoms with Crippen LogP contribution in [0.2, 0.25) is 0 Å². The minimum Gasteiger partial charge on any atom is -0.444 e. The number of carbonyl (C=O) groups is 2. The van der Waals surface area contributed by atoms with Crippen LogP contribution in [0.4, 0.5) is 4.79 Å². The predicted octanol–water partition coefficient (Wildman–Crippen LogP) is 0.837. The summed E-state index contributed by atoms with van der Waals surface area (Å²) in [7, 11) is 0. The van der Waals surface area contributed by atoms with Crippen molar-refractivity contribution in [1.82, 2.24) is 9.80 Å². The zero-order chi connectivity index (χ0) is 14.9. The van der Waals surface area contributed by atoms with Gasteiger partial charge < -0.3 is 19.6 Å². The normalized spacial score (nSPS) is 23.7. The molecule has 2 fully saturated rings. The standard InChI is InChI=1S/C14H24N2O4/c1-14(2,3)20-13(19)15-6-7-16(11(8-15)9-17)12(18)10-4-5-10/h10-11,17H,4-9H2,1-3H3. The second kappa shape index (κ2) is 5.60. The van der Waals surface area contributed by atoms with Crippen LogP contribution in [-0.2, 0) is 9.53 Å². The van der Waals surface area contributed by atoms with E-state index in [1.54, 1.807) is 9.80 Å². The molecule has 1 saturated heterocycles. The van der Waals surface area contributed by atoms with Crippen LogP contribution >= 0.6 is 0 Å². The molecular formula is C14H24N2O4. The fourth-order valence-electron chi connectivity index (χ4n) is 2.36. The number of hydrogen-bond acceptors (Lipinski definition) is 4. The Balaban J connectivity index is 1.94. The number of piperazine rings is 1. The lowest BCUT2D eigenvalue weighted by Crippen LogP contribution is -2.58. The third-order valence-electron chi connectivity index (χ3n) is 3.55. The summed E-state index contributed by atoms with van der Waals surface area (Å²) >= 11 is 0. The van der Waals surface area contributed by atoms with Gasteiger partial charge in [-0.25, -0.2) is 4.79 Å². The van der Waals surface area contributed by atoms with E-state index in [0.717, 1.165) is 12.8 Å². The Labute approximate surface area is 119 Å². The molecule has 0 aromatic rings. The molecule has 1 N–H and O–H groups in total. The molecule has 1 aliphatic carbocycles. The molecule has 0 spiro atoms. The average Bonchev–Trinajstić information content (AvgIpc) is 3.19. The van der Waals surface area contributed by atoms with E-state index in [-0.39, 0.29) is 30.6 Å². The molecule has 2 amide bonds. The third-order valence-corrected chi connectivity index (χ3v) is 3.55. The second-order valence-corrected chi connectivity index (χ2v) is 6.57. The molecule has 1 saturated carbocycles. The Hall–Kier alpha value is -1.30. The van der Waals surface area contributed by atoms with Gasteiger partial charge in [-0.1, -0.05) is 0 Å². The van der Waals surface area contributed by atoms with E-state index in [2.05, 4.69) is 0 Å². The van der Waals surface area contributed by atoms with Gasteiger partial charge in [-0.3, -0.25) is 4.79 Å². The highest BCUT2D eigenvalue weighted by Crippen LogP contribution is 2.32. The van der Waals surface area contributed by atoms with Gasteiger partial charge in [0.05, 0.1) is 12.6 Å². The maximum atomic E-state index is 12.1. The first-order chi connectivity index (χ1) is 9.31. The summed E-state index contributed by atoms with van der Waals surface area (Å²) in [5.74, 6) is 0.255. The maximum absolute atomic E-state index is 12.1. The first-order valence-electron chi connectivity index (χ1n) is 7.21. The number of ether oxygens (including phenoxy) is 1. The Bertz CT molecular complexity index is 387. The SMILES string of the molecule is CC(C)(C)OC(=O)N1CCN(C(=O)C2CC2)C(CO)C1. The topological polar surface area (TPSA) is 70.1 Å². The van der Waals surface area contributed by atoms with Crippen LogP contribution in [-0.4, -0.2) is 64.8 Å². The number of rotatable bonds is 2. The van der Waals surface area contributed by atoms with Crippen molar-refractivity contribution in [3.63, 3.8) is 0 Å². The smallest absolute Gasteiger partial charge is 0.410 e.